The second kappa shape index (κ2) is 7.58. The highest BCUT2D eigenvalue weighted by Crippen LogP contribution is 2.25. The van der Waals surface area contributed by atoms with Gasteiger partial charge in [-0.3, -0.25) is 5.10 Å². The zero-order valence-corrected chi connectivity index (χ0v) is 15.7. The first kappa shape index (κ1) is 18.0. The largest absolute Gasteiger partial charge is 0.488 e. The van der Waals surface area contributed by atoms with Crippen LogP contribution < -0.4 is 10.1 Å². The van der Waals surface area contributed by atoms with Gasteiger partial charge in [0.05, 0.1) is 19.4 Å². The molecule has 5 nitrogen and oxygen atoms in total. The standard InChI is InChI=1S/C20H29N3O2/c1-14-5-6-15(18(9-14)25-17-7-8-24-13-17)10-21-11-16-12-22-23-19(16)20(2,3)4/h5-6,9,12,17,21H,7-8,10-11,13H2,1-4H3,(H,22,23)/t17-/m0/s1. The van der Waals surface area contributed by atoms with E-state index >= 15 is 0 Å². The molecule has 1 aliphatic heterocycles. The van der Waals surface area contributed by atoms with Crippen molar-refractivity contribution >= 4 is 0 Å². The highest BCUT2D eigenvalue weighted by Gasteiger charge is 2.20. The van der Waals surface area contributed by atoms with Crippen LogP contribution in [-0.4, -0.2) is 29.5 Å². The molecule has 0 radical (unpaired) electrons. The van der Waals surface area contributed by atoms with E-state index in [9.17, 15) is 0 Å². The molecule has 0 amide bonds. The summed E-state index contributed by atoms with van der Waals surface area (Å²) in [7, 11) is 0. The van der Waals surface area contributed by atoms with Crippen LogP contribution in [0.4, 0.5) is 0 Å². The Kier molecular flexibility index (Phi) is 5.45. The number of hydrogen-bond donors (Lipinski definition) is 2. The molecular weight excluding hydrogens is 314 g/mol. The minimum Gasteiger partial charge on any atom is -0.488 e. The summed E-state index contributed by atoms with van der Waals surface area (Å²) in [5.41, 5.74) is 4.85. The van der Waals surface area contributed by atoms with E-state index in [-0.39, 0.29) is 11.5 Å². The highest BCUT2D eigenvalue weighted by atomic mass is 16.5. The van der Waals surface area contributed by atoms with Gasteiger partial charge < -0.3 is 14.8 Å². The Morgan fingerprint density at radius 1 is 1.28 bits per heavy atom. The zero-order valence-electron chi connectivity index (χ0n) is 15.7. The summed E-state index contributed by atoms with van der Waals surface area (Å²) in [4.78, 5) is 0. The van der Waals surface area contributed by atoms with Gasteiger partial charge in [-0.25, -0.2) is 0 Å². The van der Waals surface area contributed by atoms with Gasteiger partial charge in [-0.15, -0.1) is 0 Å². The first-order valence-corrected chi connectivity index (χ1v) is 9.01. The number of hydrogen-bond acceptors (Lipinski definition) is 4. The van der Waals surface area contributed by atoms with Crippen LogP contribution in [0.2, 0.25) is 0 Å². The molecule has 1 aromatic heterocycles. The first-order valence-electron chi connectivity index (χ1n) is 9.01. The van der Waals surface area contributed by atoms with Crippen LogP contribution in [0.15, 0.2) is 24.4 Å². The number of aryl methyl sites for hydroxylation is 1. The molecule has 0 aliphatic carbocycles. The average molecular weight is 343 g/mol. The molecular formula is C20H29N3O2. The third-order valence-corrected chi connectivity index (χ3v) is 4.50. The van der Waals surface area contributed by atoms with E-state index in [2.05, 4.69) is 61.4 Å². The van der Waals surface area contributed by atoms with Crippen LogP contribution in [0.1, 0.15) is 49.6 Å². The molecule has 1 fully saturated rings. The van der Waals surface area contributed by atoms with Gasteiger partial charge in [0.15, 0.2) is 0 Å². The van der Waals surface area contributed by atoms with E-state index in [4.69, 9.17) is 9.47 Å². The van der Waals surface area contributed by atoms with E-state index < -0.39 is 0 Å². The molecule has 0 bridgehead atoms. The Morgan fingerprint density at radius 3 is 2.80 bits per heavy atom. The second-order valence-electron chi connectivity index (χ2n) is 7.84. The number of rotatable bonds is 6. The normalized spacial score (nSPS) is 17.8. The molecule has 25 heavy (non-hydrogen) atoms. The van der Waals surface area contributed by atoms with E-state index in [1.807, 2.05) is 6.20 Å². The van der Waals surface area contributed by atoms with Crippen molar-refractivity contribution in [2.75, 3.05) is 13.2 Å². The quantitative estimate of drug-likeness (QED) is 0.843. The summed E-state index contributed by atoms with van der Waals surface area (Å²) in [6.45, 7) is 11.7. The van der Waals surface area contributed by atoms with Crippen LogP contribution >= 0.6 is 0 Å². The van der Waals surface area contributed by atoms with Gasteiger partial charge in [0, 0.05) is 41.7 Å². The lowest BCUT2D eigenvalue weighted by atomic mass is 9.89. The number of H-pyrrole nitrogens is 1. The predicted molar refractivity (Wildman–Crippen MR) is 98.9 cm³/mol. The number of benzene rings is 1. The van der Waals surface area contributed by atoms with Gasteiger partial charge in [0.2, 0.25) is 0 Å². The van der Waals surface area contributed by atoms with Crippen molar-refractivity contribution in [3.63, 3.8) is 0 Å². The van der Waals surface area contributed by atoms with Gasteiger partial charge in [0.1, 0.15) is 11.9 Å². The maximum absolute atomic E-state index is 6.17. The van der Waals surface area contributed by atoms with Crippen molar-refractivity contribution in [2.24, 2.45) is 0 Å². The Bertz CT molecular complexity index is 697. The third-order valence-electron chi connectivity index (χ3n) is 4.50. The number of ether oxygens (including phenoxy) is 2. The van der Waals surface area contributed by atoms with Crippen molar-refractivity contribution in [1.29, 1.82) is 0 Å². The fraction of sp³-hybridized carbons (Fsp3) is 0.550. The van der Waals surface area contributed by atoms with Crippen LogP contribution in [0.3, 0.4) is 0 Å². The molecule has 136 valence electrons. The monoisotopic (exact) mass is 343 g/mol. The van der Waals surface area contributed by atoms with Crippen LogP contribution in [0.5, 0.6) is 5.75 Å². The van der Waals surface area contributed by atoms with Crippen molar-refractivity contribution in [3.8, 4) is 5.75 Å². The Hall–Kier alpha value is -1.85. The smallest absolute Gasteiger partial charge is 0.124 e. The molecule has 0 spiro atoms. The van der Waals surface area contributed by atoms with Crippen molar-refractivity contribution < 1.29 is 9.47 Å². The lowest BCUT2D eigenvalue weighted by Gasteiger charge is -2.19. The SMILES string of the molecule is Cc1ccc(CNCc2cn[nH]c2C(C)(C)C)c(O[C@H]2CCOC2)c1. The summed E-state index contributed by atoms with van der Waals surface area (Å²) >= 11 is 0. The fourth-order valence-electron chi connectivity index (χ4n) is 3.13. The lowest BCUT2D eigenvalue weighted by molar-refractivity contribution is 0.140. The Labute approximate surface area is 150 Å². The van der Waals surface area contributed by atoms with Gasteiger partial charge in [-0.2, -0.15) is 5.10 Å². The predicted octanol–water partition coefficient (Wildman–Crippen LogP) is 3.47. The van der Waals surface area contributed by atoms with Gasteiger partial charge in [-0.1, -0.05) is 32.9 Å². The van der Waals surface area contributed by atoms with Crippen molar-refractivity contribution in [2.45, 2.75) is 58.7 Å². The first-order chi connectivity index (χ1) is 11.9. The van der Waals surface area contributed by atoms with Gasteiger partial charge >= 0.3 is 0 Å². The van der Waals surface area contributed by atoms with Crippen LogP contribution in [-0.2, 0) is 23.2 Å². The third kappa shape index (κ3) is 4.61. The van der Waals surface area contributed by atoms with Crippen LogP contribution in [0, 0.1) is 6.92 Å². The van der Waals surface area contributed by atoms with E-state index in [0.717, 1.165) is 31.9 Å². The topological polar surface area (TPSA) is 59.2 Å². The highest BCUT2D eigenvalue weighted by molar-refractivity contribution is 5.37. The molecule has 1 aliphatic rings. The fourth-order valence-corrected chi connectivity index (χ4v) is 3.13. The summed E-state index contributed by atoms with van der Waals surface area (Å²) in [5, 5.41) is 10.9. The molecule has 2 heterocycles. The molecule has 2 aromatic rings. The van der Waals surface area contributed by atoms with Gasteiger partial charge in [0.25, 0.3) is 0 Å². The second-order valence-corrected chi connectivity index (χ2v) is 7.84. The zero-order chi connectivity index (χ0) is 17.9. The number of nitrogens with one attached hydrogen (secondary N) is 2. The molecule has 2 N–H and O–H groups in total. The minimum absolute atomic E-state index is 0.0636. The van der Waals surface area contributed by atoms with Gasteiger partial charge in [-0.05, 0) is 18.6 Å². The van der Waals surface area contributed by atoms with E-state index in [0.29, 0.717) is 6.61 Å². The van der Waals surface area contributed by atoms with Crippen molar-refractivity contribution in [1.82, 2.24) is 15.5 Å². The molecule has 0 unspecified atom stereocenters. The summed E-state index contributed by atoms with van der Waals surface area (Å²) in [6.07, 6.45) is 3.04. The average Bonchev–Trinajstić information content (AvgIpc) is 3.20. The van der Waals surface area contributed by atoms with Crippen molar-refractivity contribution in [3.05, 3.63) is 46.8 Å². The summed E-state index contributed by atoms with van der Waals surface area (Å²) in [5.74, 6) is 0.964. The summed E-state index contributed by atoms with van der Waals surface area (Å²) in [6, 6.07) is 6.40. The maximum Gasteiger partial charge on any atom is 0.124 e. The Balaban J connectivity index is 1.64. The van der Waals surface area contributed by atoms with E-state index in [1.165, 1.54) is 22.4 Å². The van der Waals surface area contributed by atoms with E-state index in [1.54, 1.807) is 0 Å². The van der Waals surface area contributed by atoms with Crippen LogP contribution in [0.25, 0.3) is 0 Å². The number of nitrogens with zero attached hydrogens (tertiary/aromatic N) is 1. The number of aromatic nitrogens is 2. The molecule has 1 atom stereocenters. The lowest BCUT2D eigenvalue weighted by Crippen LogP contribution is -2.20. The molecule has 3 rings (SSSR count). The molecule has 1 saturated heterocycles. The molecule has 1 aromatic carbocycles. The summed E-state index contributed by atoms with van der Waals surface area (Å²) < 4.78 is 11.6. The molecule has 5 heteroatoms. The number of aromatic amines is 1. The Morgan fingerprint density at radius 2 is 2.08 bits per heavy atom. The maximum atomic E-state index is 6.17. The molecule has 0 saturated carbocycles. The minimum atomic E-state index is 0.0636.